The number of likely N-dealkylation sites (N-methyl/N-ethyl adjacent to an activating group) is 1. The minimum Gasteiger partial charge on any atom is -0.338 e. The lowest BCUT2D eigenvalue weighted by Gasteiger charge is -2.41. The molecule has 1 aromatic carbocycles. The number of hydrogen-bond donors (Lipinski definition) is 0. The molecule has 5 nitrogen and oxygen atoms in total. The Hall–Kier alpha value is -1.95. The summed E-state index contributed by atoms with van der Waals surface area (Å²) >= 11 is 1.63. The lowest BCUT2D eigenvalue weighted by atomic mass is 9.79. The highest BCUT2D eigenvalue weighted by Crippen LogP contribution is 2.44. The molecule has 4 rings (SSSR count). The van der Waals surface area contributed by atoms with Crippen LogP contribution in [0.5, 0.6) is 0 Å². The molecule has 1 aromatic heterocycles. The number of carbonyl (C=O) groups is 2. The van der Waals surface area contributed by atoms with Crippen LogP contribution in [-0.4, -0.2) is 51.3 Å². The van der Waals surface area contributed by atoms with E-state index in [1.54, 1.807) is 18.3 Å². The van der Waals surface area contributed by atoms with Crippen LogP contribution in [0.1, 0.15) is 67.7 Å². The molecule has 6 heteroatoms. The number of carbonyl (C=O) groups excluding carboxylic acids is 2. The Labute approximate surface area is 170 Å². The first-order valence-corrected chi connectivity index (χ1v) is 11.2. The third-order valence-corrected chi connectivity index (χ3v) is 7.47. The van der Waals surface area contributed by atoms with E-state index in [1.165, 1.54) is 6.42 Å². The number of aryl methyl sites for hydroxylation is 1. The maximum atomic E-state index is 13.6. The zero-order chi connectivity index (χ0) is 19.9. The number of benzene rings is 1. The van der Waals surface area contributed by atoms with E-state index in [1.807, 2.05) is 36.9 Å². The predicted molar refractivity (Wildman–Crippen MR) is 113 cm³/mol. The molecule has 1 saturated heterocycles. The van der Waals surface area contributed by atoms with Crippen molar-refractivity contribution in [1.82, 2.24) is 14.8 Å². The third-order valence-electron chi connectivity index (χ3n) is 6.54. The summed E-state index contributed by atoms with van der Waals surface area (Å²) in [5.41, 5.74) is 1.61. The van der Waals surface area contributed by atoms with Crippen molar-refractivity contribution in [1.29, 1.82) is 0 Å². The molecular weight excluding hydrogens is 370 g/mol. The molecule has 0 N–H and O–H groups in total. The van der Waals surface area contributed by atoms with Gasteiger partial charge in [0.15, 0.2) is 0 Å². The number of hydrogen-bond acceptors (Lipinski definition) is 4. The maximum absolute atomic E-state index is 13.6. The van der Waals surface area contributed by atoms with Crippen molar-refractivity contribution >= 4 is 33.4 Å². The minimum atomic E-state index is -0.0958. The van der Waals surface area contributed by atoms with Gasteiger partial charge in [0.2, 0.25) is 5.91 Å². The highest BCUT2D eigenvalue weighted by atomic mass is 32.1. The molecule has 2 aliphatic rings. The molecule has 0 unspecified atom stereocenters. The molecular formula is C22H29N3O2S. The lowest BCUT2D eigenvalue weighted by Crippen LogP contribution is -2.48. The van der Waals surface area contributed by atoms with Crippen molar-refractivity contribution in [2.75, 3.05) is 13.1 Å². The van der Waals surface area contributed by atoms with Gasteiger partial charge >= 0.3 is 0 Å². The Morgan fingerprint density at radius 1 is 1.29 bits per heavy atom. The van der Waals surface area contributed by atoms with Gasteiger partial charge in [0.25, 0.3) is 5.91 Å². The number of amides is 2. The fraction of sp³-hybridized carbons (Fsp3) is 0.591. The molecule has 28 heavy (non-hydrogen) atoms. The SMILES string of the molecule is CCN(C(C)=O)[C@@H]1CN(C(=O)c2ccc3nc(C)sc3c2)C2(CCCCC2)C1. The summed E-state index contributed by atoms with van der Waals surface area (Å²) in [5.74, 6) is 0.214. The molecule has 2 amide bonds. The van der Waals surface area contributed by atoms with Gasteiger partial charge in [0.1, 0.15) is 0 Å². The lowest BCUT2D eigenvalue weighted by molar-refractivity contribution is -0.130. The van der Waals surface area contributed by atoms with Crippen molar-refractivity contribution < 1.29 is 9.59 Å². The molecule has 0 bridgehead atoms. The molecule has 2 fully saturated rings. The molecule has 1 atom stereocenters. The van der Waals surface area contributed by atoms with E-state index in [0.717, 1.165) is 52.9 Å². The van der Waals surface area contributed by atoms with E-state index in [0.29, 0.717) is 13.1 Å². The Morgan fingerprint density at radius 3 is 2.71 bits per heavy atom. The Morgan fingerprint density at radius 2 is 2.04 bits per heavy atom. The molecule has 2 aromatic rings. The summed E-state index contributed by atoms with van der Waals surface area (Å²) in [6.07, 6.45) is 6.57. The average molecular weight is 400 g/mol. The molecule has 2 heterocycles. The standard InChI is InChI=1S/C22H29N3O2S/c1-4-24(16(3)26)18-13-22(10-6-5-7-11-22)25(14-18)21(27)17-8-9-19-20(12-17)28-15(2)23-19/h8-9,12,18H,4-7,10-11,13-14H2,1-3H3/t18-/m0/s1. The summed E-state index contributed by atoms with van der Waals surface area (Å²) < 4.78 is 1.07. The first-order valence-electron chi connectivity index (χ1n) is 10.4. The van der Waals surface area contributed by atoms with Crippen LogP contribution in [0, 0.1) is 6.92 Å². The van der Waals surface area contributed by atoms with Gasteiger partial charge < -0.3 is 9.80 Å². The van der Waals surface area contributed by atoms with Crippen LogP contribution in [0.3, 0.4) is 0 Å². The van der Waals surface area contributed by atoms with Gasteiger partial charge in [0, 0.05) is 31.1 Å². The fourth-order valence-electron chi connectivity index (χ4n) is 5.28. The number of likely N-dealkylation sites (tertiary alicyclic amines) is 1. The van der Waals surface area contributed by atoms with Crippen LogP contribution in [0.25, 0.3) is 10.2 Å². The summed E-state index contributed by atoms with van der Waals surface area (Å²) in [6.45, 7) is 7.01. The van der Waals surface area contributed by atoms with Crippen molar-refractivity contribution in [2.24, 2.45) is 0 Å². The van der Waals surface area contributed by atoms with Crippen LogP contribution < -0.4 is 0 Å². The first-order chi connectivity index (χ1) is 13.4. The molecule has 1 saturated carbocycles. The number of fused-ring (bicyclic) bond motifs is 1. The quantitative estimate of drug-likeness (QED) is 0.769. The van der Waals surface area contributed by atoms with Gasteiger partial charge in [0.05, 0.1) is 21.3 Å². The Kier molecular flexibility index (Phi) is 5.17. The zero-order valence-electron chi connectivity index (χ0n) is 17.0. The van der Waals surface area contributed by atoms with E-state index >= 15 is 0 Å². The van der Waals surface area contributed by atoms with Crippen LogP contribution in [0.2, 0.25) is 0 Å². The summed E-state index contributed by atoms with van der Waals surface area (Å²) in [4.78, 5) is 34.3. The number of thiazole rings is 1. The van der Waals surface area contributed by atoms with Crippen LogP contribution in [0.4, 0.5) is 0 Å². The van der Waals surface area contributed by atoms with Crippen LogP contribution in [0.15, 0.2) is 18.2 Å². The van der Waals surface area contributed by atoms with E-state index in [4.69, 9.17) is 0 Å². The predicted octanol–water partition coefficient (Wildman–Crippen LogP) is 4.39. The number of nitrogens with zero attached hydrogens (tertiary/aromatic N) is 3. The van der Waals surface area contributed by atoms with Crippen LogP contribution >= 0.6 is 11.3 Å². The maximum Gasteiger partial charge on any atom is 0.254 e. The van der Waals surface area contributed by atoms with Crippen LogP contribution in [-0.2, 0) is 4.79 Å². The third kappa shape index (κ3) is 3.32. The highest BCUT2D eigenvalue weighted by Gasteiger charge is 2.49. The second kappa shape index (κ2) is 7.47. The average Bonchev–Trinajstić information content (AvgIpc) is 3.21. The van der Waals surface area contributed by atoms with Gasteiger partial charge in [-0.2, -0.15) is 0 Å². The van der Waals surface area contributed by atoms with Gasteiger partial charge in [-0.15, -0.1) is 11.3 Å². The van der Waals surface area contributed by atoms with E-state index < -0.39 is 0 Å². The summed E-state index contributed by atoms with van der Waals surface area (Å²) in [5, 5.41) is 1.02. The minimum absolute atomic E-state index is 0.0958. The van der Waals surface area contributed by atoms with E-state index in [2.05, 4.69) is 9.88 Å². The van der Waals surface area contributed by atoms with E-state index in [9.17, 15) is 9.59 Å². The highest BCUT2D eigenvalue weighted by molar-refractivity contribution is 7.18. The van der Waals surface area contributed by atoms with Gasteiger partial charge in [-0.05, 0) is 51.3 Å². The second-order valence-electron chi connectivity index (χ2n) is 8.28. The molecule has 150 valence electrons. The normalized spacial score (nSPS) is 21.4. The number of aromatic nitrogens is 1. The second-order valence-corrected chi connectivity index (χ2v) is 9.51. The van der Waals surface area contributed by atoms with Crippen molar-refractivity contribution in [3.05, 3.63) is 28.8 Å². The number of rotatable bonds is 3. The first kappa shape index (κ1) is 19.4. The topological polar surface area (TPSA) is 53.5 Å². The fourth-order valence-corrected chi connectivity index (χ4v) is 6.14. The van der Waals surface area contributed by atoms with Crippen molar-refractivity contribution in [2.45, 2.75) is 70.9 Å². The smallest absolute Gasteiger partial charge is 0.254 e. The van der Waals surface area contributed by atoms with Gasteiger partial charge in [-0.3, -0.25) is 9.59 Å². The summed E-state index contributed by atoms with van der Waals surface area (Å²) in [6, 6.07) is 5.99. The molecule has 1 spiro atoms. The van der Waals surface area contributed by atoms with Gasteiger partial charge in [-0.1, -0.05) is 19.3 Å². The monoisotopic (exact) mass is 399 g/mol. The summed E-state index contributed by atoms with van der Waals surface area (Å²) in [7, 11) is 0. The molecule has 1 aliphatic carbocycles. The van der Waals surface area contributed by atoms with Crippen molar-refractivity contribution in [3.8, 4) is 0 Å². The largest absolute Gasteiger partial charge is 0.338 e. The molecule has 1 aliphatic heterocycles. The van der Waals surface area contributed by atoms with Crippen molar-refractivity contribution in [3.63, 3.8) is 0 Å². The van der Waals surface area contributed by atoms with Gasteiger partial charge in [-0.25, -0.2) is 4.98 Å². The molecule has 0 radical (unpaired) electrons. The van der Waals surface area contributed by atoms with E-state index in [-0.39, 0.29) is 23.4 Å². The Bertz CT molecular complexity index is 900. The zero-order valence-corrected chi connectivity index (χ0v) is 17.8. The Balaban J connectivity index is 1.67.